The van der Waals surface area contributed by atoms with Crippen molar-refractivity contribution in [1.82, 2.24) is 15.1 Å². The normalized spacial score (nSPS) is 19.2. The highest BCUT2D eigenvalue weighted by Crippen LogP contribution is 2.31. The maximum absolute atomic E-state index is 13.4. The van der Waals surface area contributed by atoms with Crippen LogP contribution in [0.5, 0.6) is 0 Å². The highest BCUT2D eigenvalue weighted by molar-refractivity contribution is 6.02. The van der Waals surface area contributed by atoms with Crippen molar-refractivity contribution in [3.8, 4) is 0 Å². The summed E-state index contributed by atoms with van der Waals surface area (Å²) in [6, 6.07) is 5.74. The smallest absolute Gasteiger partial charge is 0.317 e. The third-order valence-electron chi connectivity index (χ3n) is 6.68. The number of hydrogen-bond donors (Lipinski definition) is 2. The zero-order valence-corrected chi connectivity index (χ0v) is 19.2. The van der Waals surface area contributed by atoms with Gasteiger partial charge in [0.05, 0.1) is 5.56 Å². The second kappa shape index (κ2) is 9.79. The number of anilines is 2. The molecular weight excluding hydrogens is 406 g/mol. The monoisotopic (exact) mass is 441 g/mol. The van der Waals surface area contributed by atoms with Gasteiger partial charge in [-0.1, -0.05) is 6.42 Å². The zero-order valence-electron chi connectivity index (χ0n) is 19.2. The Labute approximate surface area is 190 Å². The van der Waals surface area contributed by atoms with Crippen LogP contribution >= 0.6 is 0 Å². The molecule has 8 nitrogen and oxygen atoms in total. The summed E-state index contributed by atoms with van der Waals surface area (Å²) in [5.74, 6) is 0.169. The van der Waals surface area contributed by atoms with Gasteiger partial charge < -0.3 is 25.3 Å². The van der Waals surface area contributed by atoms with E-state index in [4.69, 9.17) is 0 Å². The Bertz CT molecular complexity index is 853. The van der Waals surface area contributed by atoms with Crippen molar-refractivity contribution in [3.05, 3.63) is 23.8 Å². The molecule has 0 radical (unpaired) electrons. The van der Waals surface area contributed by atoms with Gasteiger partial charge in [0.25, 0.3) is 5.91 Å². The Morgan fingerprint density at radius 3 is 2.19 bits per heavy atom. The quantitative estimate of drug-likeness (QED) is 0.736. The number of likely N-dealkylation sites (tertiary alicyclic amines) is 1. The molecule has 3 aliphatic rings. The van der Waals surface area contributed by atoms with Crippen LogP contribution in [0.3, 0.4) is 0 Å². The van der Waals surface area contributed by atoms with Crippen LogP contribution in [0.2, 0.25) is 0 Å². The first-order valence-corrected chi connectivity index (χ1v) is 12.0. The van der Waals surface area contributed by atoms with Crippen molar-refractivity contribution < 1.29 is 14.4 Å². The minimum atomic E-state index is -0.0397. The van der Waals surface area contributed by atoms with Gasteiger partial charge in [-0.25, -0.2) is 4.79 Å². The first kappa shape index (κ1) is 22.4. The van der Waals surface area contributed by atoms with Gasteiger partial charge in [-0.15, -0.1) is 0 Å². The third-order valence-corrected chi connectivity index (χ3v) is 6.68. The van der Waals surface area contributed by atoms with Crippen LogP contribution in [0, 0.1) is 5.92 Å². The van der Waals surface area contributed by atoms with Crippen LogP contribution in [0.15, 0.2) is 18.2 Å². The molecule has 0 aromatic heterocycles. The number of rotatable bonds is 5. The summed E-state index contributed by atoms with van der Waals surface area (Å²) in [5.41, 5.74) is 2.20. The summed E-state index contributed by atoms with van der Waals surface area (Å²) < 4.78 is 0. The molecule has 0 spiro atoms. The third kappa shape index (κ3) is 5.00. The van der Waals surface area contributed by atoms with E-state index in [0.29, 0.717) is 37.4 Å². The van der Waals surface area contributed by atoms with Crippen LogP contribution < -0.4 is 15.5 Å². The molecule has 2 saturated heterocycles. The molecule has 2 heterocycles. The molecule has 32 heavy (non-hydrogen) atoms. The Kier molecular flexibility index (Phi) is 6.86. The van der Waals surface area contributed by atoms with E-state index in [1.54, 1.807) is 0 Å². The van der Waals surface area contributed by atoms with Gasteiger partial charge in [-0.05, 0) is 57.7 Å². The fourth-order valence-corrected chi connectivity index (χ4v) is 4.55. The number of carbonyl (C=O) groups excluding carboxylic acids is 3. The number of benzene rings is 1. The lowest BCUT2D eigenvalue weighted by atomic mass is 9.85. The standard InChI is InChI=1S/C24H35N5O3/c1-17(2)25-24(32)29-14-12-27(13-15-29)21-9-8-19(26-22(30)18-6-5-7-18)16-20(21)23(31)28-10-3-4-11-28/h8-9,16-18H,3-7,10-15H2,1-2H3,(H,25,32)(H,26,30). The maximum Gasteiger partial charge on any atom is 0.317 e. The van der Waals surface area contributed by atoms with Crippen LogP contribution in [0.4, 0.5) is 16.2 Å². The van der Waals surface area contributed by atoms with Crippen molar-refractivity contribution in [2.24, 2.45) is 5.92 Å². The average molecular weight is 442 g/mol. The molecule has 8 heteroatoms. The highest BCUT2D eigenvalue weighted by atomic mass is 16.2. The summed E-state index contributed by atoms with van der Waals surface area (Å²) in [6.07, 6.45) is 5.05. The predicted octanol–water partition coefficient (Wildman–Crippen LogP) is 2.90. The minimum Gasteiger partial charge on any atom is -0.367 e. The fraction of sp³-hybridized carbons (Fsp3) is 0.625. The summed E-state index contributed by atoms with van der Waals surface area (Å²) in [6.45, 7) is 8.01. The molecule has 0 unspecified atom stereocenters. The van der Waals surface area contributed by atoms with Gasteiger partial charge in [-0.3, -0.25) is 9.59 Å². The second-order valence-corrected chi connectivity index (χ2v) is 9.43. The molecule has 4 amide bonds. The molecule has 1 aliphatic carbocycles. The van der Waals surface area contributed by atoms with E-state index in [1.807, 2.05) is 41.8 Å². The van der Waals surface area contributed by atoms with E-state index in [2.05, 4.69) is 15.5 Å². The number of urea groups is 1. The summed E-state index contributed by atoms with van der Waals surface area (Å²) in [7, 11) is 0. The van der Waals surface area contributed by atoms with Crippen molar-refractivity contribution in [3.63, 3.8) is 0 Å². The molecule has 0 atom stereocenters. The Morgan fingerprint density at radius 1 is 0.906 bits per heavy atom. The van der Waals surface area contributed by atoms with Crippen LogP contribution in [-0.4, -0.2) is 73.0 Å². The van der Waals surface area contributed by atoms with E-state index in [0.717, 1.165) is 50.9 Å². The molecule has 2 aliphatic heterocycles. The molecule has 174 valence electrons. The van der Waals surface area contributed by atoms with Gasteiger partial charge in [0, 0.05) is 62.6 Å². The topological polar surface area (TPSA) is 85.0 Å². The lowest BCUT2D eigenvalue weighted by Gasteiger charge is -2.37. The SMILES string of the molecule is CC(C)NC(=O)N1CCN(c2ccc(NC(=O)C3CCC3)cc2C(=O)N2CCCC2)CC1. The van der Waals surface area contributed by atoms with Crippen LogP contribution in [0.1, 0.15) is 56.3 Å². The van der Waals surface area contributed by atoms with E-state index < -0.39 is 0 Å². The van der Waals surface area contributed by atoms with Crippen molar-refractivity contribution in [1.29, 1.82) is 0 Å². The molecule has 3 fully saturated rings. The Morgan fingerprint density at radius 2 is 1.59 bits per heavy atom. The van der Waals surface area contributed by atoms with Gasteiger partial charge in [0.1, 0.15) is 0 Å². The molecular formula is C24H35N5O3. The largest absolute Gasteiger partial charge is 0.367 e. The highest BCUT2D eigenvalue weighted by Gasteiger charge is 2.29. The van der Waals surface area contributed by atoms with E-state index in [-0.39, 0.29) is 29.8 Å². The van der Waals surface area contributed by atoms with Gasteiger partial charge >= 0.3 is 6.03 Å². The lowest BCUT2D eigenvalue weighted by Crippen LogP contribution is -2.53. The van der Waals surface area contributed by atoms with Crippen molar-refractivity contribution in [2.45, 2.75) is 52.0 Å². The fourth-order valence-electron chi connectivity index (χ4n) is 4.55. The molecule has 1 aromatic rings. The van der Waals surface area contributed by atoms with Crippen molar-refractivity contribution >= 4 is 29.2 Å². The predicted molar refractivity (Wildman–Crippen MR) is 125 cm³/mol. The number of nitrogens with zero attached hydrogens (tertiary/aromatic N) is 3. The number of nitrogens with one attached hydrogen (secondary N) is 2. The summed E-state index contributed by atoms with van der Waals surface area (Å²) in [5, 5.41) is 5.96. The van der Waals surface area contributed by atoms with E-state index in [1.165, 1.54) is 0 Å². The first-order valence-electron chi connectivity index (χ1n) is 12.0. The van der Waals surface area contributed by atoms with Gasteiger partial charge in [0.2, 0.25) is 5.91 Å². The molecule has 1 saturated carbocycles. The second-order valence-electron chi connectivity index (χ2n) is 9.43. The summed E-state index contributed by atoms with van der Waals surface area (Å²) >= 11 is 0. The van der Waals surface area contributed by atoms with E-state index >= 15 is 0 Å². The molecule has 4 rings (SSSR count). The van der Waals surface area contributed by atoms with Crippen molar-refractivity contribution in [2.75, 3.05) is 49.5 Å². The maximum atomic E-state index is 13.4. The molecule has 2 N–H and O–H groups in total. The van der Waals surface area contributed by atoms with E-state index in [9.17, 15) is 14.4 Å². The summed E-state index contributed by atoms with van der Waals surface area (Å²) in [4.78, 5) is 44.0. The van der Waals surface area contributed by atoms with Crippen LogP contribution in [-0.2, 0) is 4.79 Å². The van der Waals surface area contributed by atoms with Crippen LogP contribution in [0.25, 0.3) is 0 Å². The van der Waals surface area contributed by atoms with Gasteiger partial charge in [-0.2, -0.15) is 0 Å². The minimum absolute atomic E-state index is 0.0252. The Balaban J connectivity index is 1.50. The zero-order chi connectivity index (χ0) is 22.7. The molecule has 1 aromatic carbocycles. The number of hydrogen-bond acceptors (Lipinski definition) is 4. The number of carbonyl (C=O) groups is 3. The average Bonchev–Trinajstić information content (AvgIpc) is 3.26. The number of piperazine rings is 1. The first-order chi connectivity index (χ1) is 15.4. The van der Waals surface area contributed by atoms with Gasteiger partial charge in [0.15, 0.2) is 0 Å². The number of amides is 4. The Hall–Kier alpha value is -2.77. The molecule has 0 bridgehead atoms. The lowest BCUT2D eigenvalue weighted by molar-refractivity contribution is -0.122.